The van der Waals surface area contributed by atoms with E-state index in [0.29, 0.717) is 0 Å². The molecule has 2 heteroatoms. The Hall–Kier alpha value is -0.0800. The zero-order valence-corrected chi connectivity index (χ0v) is 10.8. The van der Waals surface area contributed by atoms with E-state index in [2.05, 4.69) is 30.7 Å². The molecule has 0 aromatic carbocycles. The first-order chi connectivity index (χ1) is 7.24. The smallest absolute Gasteiger partial charge is 0.0112 e. The molecule has 0 aromatic heterocycles. The second-order valence-electron chi connectivity index (χ2n) is 5.04. The first-order valence-corrected chi connectivity index (χ1v) is 6.66. The summed E-state index contributed by atoms with van der Waals surface area (Å²) in [6, 6.07) is 0.794. The molecule has 0 aromatic rings. The van der Waals surface area contributed by atoms with Gasteiger partial charge in [-0.25, -0.2) is 0 Å². The summed E-state index contributed by atoms with van der Waals surface area (Å²) in [7, 11) is 2.24. The van der Waals surface area contributed by atoms with Crippen molar-refractivity contribution in [2.45, 2.75) is 52.0 Å². The normalized spacial score (nSPS) is 22.6. The van der Waals surface area contributed by atoms with Crippen LogP contribution in [0.3, 0.4) is 0 Å². The fourth-order valence-electron chi connectivity index (χ4n) is 2.38. The number of nitrogens with zero attached hydrogens (tertiary/aromatic N) is 2. The fraction of sp³-hybridized carbons (Fsp3) is 1.00. The van der Waals surface area contributed by atoms with Gasteiger partial charge in [-0.2, -0.15) is 0 Å². The average molecular weight is 212 g/mol. The van der Waals surface area contributed by atoms with Crippen LogP contribution in [0, 0.1) is 0 Å². The largest absolute Gasteiger partial charge is 0.305 e. The van der Waals surface area contributed by atoms with Gasteiger partial charge < -0.3 is 4.90 Å². The van der Waals surface area contributed by atoms with Crippen LogP contribution in [0.15, 0.2) is 0 Å². The van der Waals surface area contributed by atoms with E-state index >= 15 is 0 Å². The zero-order chi connectivity index (χ0) is 11.1. The molecule has 1 atom stereocenters. The lowest BCUT2D eigenvalue weighted by atomic mass is 10.1. The molecule has 1 aliphatic heterocycles. The van der Waals surface area contributed by atoms with E-state index in [4.69, 9.17) is 0 Å². The Kier molecular flexibility index (Phi) is 6.26. The van der Waals surface area contributed by atoms with Crippen LogP contribution in [-0.2, 0) is 0 Å². The first-order valence-electron chi connectivity index (χ1n) is 6.66. The molecule has 1 fully saturated rings. The highest BCUT2D eigenvalue weighted by molar-refractivity contribution is 4.72. The third-order valence-corrected chi connectivity index (χ3v) is 3.60. The van der Waals surface area contributed by atoms with Crippen molar-refractivity contribution in [2.24, 2.45) is 0 Å². The summed E-state index contributed by atoms with van der Waals surface area (Å²) in [5.41, 5.74) is 0. The summed E-state index contributed by atoms with van der Waals surface area (Å²) in [5, 5.41) is 0. The van der Waals surface area contributed by atoms with Crippen molar-refractivity contribution in [3.8, 4) is 0 Å². The standard InChI is InChI=1S/C13H28N2/c1-4-5-6-8-13(2)15-10-7-9-14(3)11-12-15/h13H,4-12H2,1-3H3. The quantitative estimate of drug-likeness (QED) is 0.646. The van der Waals surface area contributed by atoms with Crippen LogP contribution in [0.5, 0.6) is 0 Å². The molecule has 0 amide bonds. The summed E-state index contributed by atoms with van der Waals surface area (Å²) in [6.07, 6.45) is 6.88. The van der Waals surface area contributed by atoms with E-state index < -0.39 is 0 Å². The van der Waals surface area contributed by atoms with E-state index in [-0.39, 0.29) is 0 Å². The van der Waals surface area contributed by atoms with Crippen LogP contribution < -0.4 is 0 Å². The first kappa shape index (κ1) is 13.0. The van der Waals surface area contributed by atoms with Gasteiger partial charge in [0.25, 0.3) is 0 Å². The minimum Gasteiger partial charge on any atom is -0.305 e. The summed E-state index contributed by atoms with van der Waals surface area (Å²) < 4.78 is 0. The Morgan fingerprint density at radius 1 is 1.07 bits per heavy atom. The van der Waals surface area contributed by atoms with Crippen LogP contribution >= 0.6 is 0 Å². The molecule has 1 rings (SSSR count). The molecule has 90 valence electrons. The average Bonchev–Trinajstić information content (AvgIpc) is 2.43. The minimum atomic E-state index is 0.794. The molecular formula is C13H28N2. The van der Waals surface area contributed by atoms with Gasteiger partial charge in [0.05, 0.1) is 0 Å². The van der Waals surface area contributed by atoms with Gasteiger partial charge in [0.2, 0.25) is 0 Å². The highest BCUT2D eigenvalue weighted by Gasteiger charge is 2.16. The third-order valence-electron chi connectivity index (χ3n) is 3.60. The third kappa shape index (κ3) is 4.98. The van der Waals surface area contributed by atoms with Crippen molar-refractivity contribution in [3.05, 3.63) is 0 Å². The molecule has 1 unspecified atom stereocenters. The summed E-state index contributed by atoms with van der Waals surface area (Å²) in [4.78, 5) is 5.14. The van der Waals surface area contributed by atoms with Crippen LogP contribution in [0.25, 0.3) is 0 Å². The number of likely N-dealkylation sites (N-methyl/N-ethyl adjacent to an activating group) is 1. The number of unbranched alkanes of at least 4 members (excludes halogenated alkanes) is 2. The van der Waals surface area contributed by atoms with E-state index in [1.807, 2.05) is 0 Å². The van der Waals surface area contributed by atoms with Crippen molar-refractivity contribution in [1.29, 1.82) is 0 Å². The Labute approximate surface area is 95.6 Å². The van der Waals surface area contributed by atoms with E-state index in [9.17, 15) is 0 Å². The number of hydrogen-bond acceptors (Lipinski definition) is 2. The predicted octanol–water partition coefficient (Wildman–Crippen LogP) is 2.59. The van der Waals surface area contributed by atoms with Gasteiger partial charge in [0, 0.05) is 19.1 Å². The maximum atomic E-state index is 2.68. The van der Waals surface area contributed by atoms with Crippen LogP contribution in [0.1, 0.15) is 46.0 Å². The van der Waals surface area contributed by atoms with Gasteiger partial charge in [-0.05, 0) is 39.9 Å². The Morgan fingerprint density at radius 3 is 2.60 bits per heavy atom. The topological polar surface area (TPSA) is 6.48 Å². The predicted molar refractivity (Wildman–Crippen MR) is 67.3 cm³/mol. The Morgan fingerprint density at radius 2 is 1.87 bits per heavy atom. The van der Waals surface area contributed by atoms with E-state index in [1.54, 1.807) is 0 Å². The number of hydrogen-bond donors (Lipinski definition) is 0. The highest BCUT2D eigenvalue weighted by Crippen LogP contribution is 2.12. The molecule has 1 saturated heterocycles. The van der Waals surface area contributed by atoms with Crippen LogP contribution in [-0.4, -0.2) is 49.1 Å². The molecule has 0 saturated carbocycles. The highest BCUT2D eigenvalue weighted by atomic mass is 15.2. The van der Waals surface area contributed by atoms with Crippen LogP contribution in [0.2, 0.25) is 0 Å². The van der Waals surface area contributed by atoms with Crippen molar-refractivity contribution in [3.63, 3.8) is 0 Å². The SMILES string of the molecule is CCCCCC(C)N1CCCN(C)CC1. The van der Waals surface area contributed by atoms with Gasteiger partial charge in [-0.3, -0.25) is 4.90 Å². The van der Waals surface area contributed by atoms with Crippen LogP contribution in [0.4, 0.5) is 0 Å². The van der Waals surface area contributed by atoms with E-state index in [1.165, 1.54) is 58.3 Å². The molecule has 0 N–H and O–H groups in total. The lowest BCUT2D eigenvalue weighted by molar-refractivity contribution is 0.202. The van der Waals surface area contributed by atoms with E-state index in [0.717, 1.165) is 6.04 Å². The molecule has 0 bridgehead atoms. The lowest BCUT2D eigenvalue weighted by Crippen LogP contribution is -2.36. The summed E-state index contributed by atoms with van der Waals surface area (Å²) >= 11 is 0. The summed E-state index contributed by atoms with van der Waals surface area (Å²) in [5.74, 6) is 0. The fourth-order valence-corrected chi connectivity index (χ4v) is 2.38. The van der Waals surface area contributed by atoms with Crippen molar-refractivity contribution < 1.29 is 0 Å². The molecule has 1 heterocycles. The molecule has 2 nitrogen and oxygen atoms in total. The molecule has 15 heavy (non-hydrogen) atoms. The molecule has 0 spiro atoms. The summed E-state index contributed by atoms with van der Waals surface area (Å²) in [6.45, 7) is 9.78. The van der Waals surface area contributed by atoms with Crippen molar-refractivity contribution in [2.75, 3.05) is 33.2 Å². The molecule has 0 radical (unpaired) electrons. The zero-order valence-electron chi connectivity index (χ0n) is 10.8. The second-order valence-corrected chi connectivity index (χ2v) is 5.04. The monoisotopic (exact) mass is 212 g/mol. The minimum absolute atomic E-state index is 0.794. The molecular weight excluding hydrogens is 184 g/mol. The number of rotatable bonds is 5. The Balaban J connectivity index is 2.22. The van der Waals surface area contributed by atoms with Gasteiger partial charge in [-0.1, -0.05) is 26.2 Å². The maximum absolute atomic E-state index is 2.68. The second kappa shape index (κ2) is 7.24. The van der Waals surface area contributed by atoms with Gasteiger partial charge in [-0.15, -0.1) is 0 Å². The van der Waals surface area contributed by atoms with Crippen molar-refractivity contribution >= 4 is 0 Å². The van der Waals surface area contributed by atoms with Gasteiger partial charge in [0.15, 0.2) is 0 Å². The molecule has 1 aliphatic rings. The van der Waals surface area contributed by atoms with Crippen molar-refractivity contribution in [1.82, 2.24) is 9.80 Å². The maximum Gasteiger partial charge on any atom is 0.0112 e. The molecule has 0 aliphatic carbocycles. The van der Waals surface area contributed by atoms with Gasteiger partial charge >= 0.3 is 0 Å². The van der Waals surface area contributed by atoms with Gasteiger partial charge in [0.1, 0.15) is 0 Å². The Bertz CT molecular complexity index is 159. The lowest BCUT2D eigenvalue weighted by Gasteiger charge is -2.27.